The number of unbranched alkanes of at least 4 members (excludes halogenated alkanes) is 6. The molecule has 0 aliphatic heterocycles. The minimum Gasteiger partial charge on any atom is -0.550 e. The molecular formula is C28H36Hg2O4. The third-order valence-electron chi connectivity index (χ3n) is 4.53. The normalized spacial score (nSPS) is 10.3. The van der Waals surface area contributed by atoms with E-state index in [0.29, 0.717) is 12.8 Å². The van der Waals surface area contributed by atoms with Crippen molar-refractivity contribution in [2.24, 2.45) is 5.92 Å². The molecule has 6 heteroatoms. The number of carboxylic acid groups (broad SMARTS) is 2. The zero-order valence-electron chi connectivity index (χ0n) is 20.6. The average molecular weight is 838 g/mol. The predicted molar refractivity (Wildman–Crippen MR) is 125 cm³/mol. The zero-order chi connectivity index (χ0) is 23.7. The maximum atomic E-state index is 10.7. The van der Waals surface area contributed by atoms with Crippen LogP contribution in [0.2, 0.25) is 0 Å². The Morgan fingerprint density at radius 2 is 1.21 bits per heavy atom. The van der Waals surface area contributed by atoms with Gasteiger partial charge in [-0.2, -0.15) is 0 Å². The van der Waals surface area contributed by atoms with Crippen LogP contribution in [0.4, 0.5) is 0 Å². The molecule has 34 heavy (non-hydrogen) atoms. The van der Waals surface area contributed by atoms with Gasteiger partial charge in [0.1, 0.15) is 0 Å². The van der Waals surface area contributed by atoms with Crippen LogP contribution in [0.3, 0.4) is 0 Å². The van der Waals surface area contributed by atoms with Crippen LogP contribution in [-0.4, -0.2) is 11.9 Å². The first kappa shape index (κ1) is 37.5. The summed E-state index contributed by atoms with van der Waals surface area (Å²) in [5.74, 6) is -3.56. The van der Waals surface area contributed by atoms with Crippen molar-refractivity contribution in [1.82, 2.24) is 0 Å². The van der Waals surface area contributed by atoms with Crippen molar-refractivity contribution < 1.29 is 75.1 Å². The maximum Gasteiger partial charge on any atom is 1.00 e. The Bertz CT molecular complexity index is 609. The summed E-state index contributed by atoms with van der Waals surface area (Å²) in [6.45, 7) is 2.19. The molecule has 2 rings (SSSR count). The van der Waals surface area contributed by atoms with Gasteiger partial charge < -0.3 is 19.8 Å². The second-order valence-corrected chi connectivity index (χ2v) is 7.35. The van der Waals surface area contributed by atoms with E-state index in [1.54, 1.807) is 0 Å². The molecule has 0 fully saturated rings. The first-order valence-electron chi connectivity index (χ1n) is 11.5. The molecule has 0 heterocycles. The molecule has 4 radical (unpaired) electrons. The fourth-order valence-electron chi connectivity index (χ4n) is 2.77. The molecule has 176 valence electrons. The van der Waals surface area contributed by atoms with Crippen LogP contribution in [0.15, 0.2) is 72.8 Å². The van der Waals surface area contributed by atoms with Gasteiger partial charge in [-0.1, -0.05) is 105 Å². The second kappa shape index (κ2) is 30.0. The van der Waals surface area contributed by atoms with E-state index in [4.69, 9.17) is 0 Å². The molecule has 0 spiro atoms. The molecule has 0 aromatic heterocycles. The fraction of sp³-hybridized carbons (Fsp3) is 0.429. The van der Waals surface area contributed by atoms with E-state index in [1.165, 1.54) is 32.1 Å². The van der Waals surface area contributed by atoms with E-state index < -0.39 is 24.3 Å². The Labute approximate surface area is 247 Å². The third kappa shape index (κ3) is 29.0. The van der Waals surface area contributed by atoms with Crippen molar-refractivity contribution in [1.29, 1.82) is 0 Å². The summed E-state index contributed by atoms with van der Waals surface area (Å²) in [5.41, 5.74) is 0. The van der Waals surface area contributed by atoms with Gasteiger partial charge >= 0.3 is 55.3 Å². The van der Waals surface area contributed by atoms with Crippen molar-refractivity contribution >= 4 is 11.9 Å². The Hall–Kier alpha value is -1.01. The number of allylic oxidation sites excluding steroid dienone is 2. The van der Waals surface area contributed by atoms with Crippen LogP contribution >= 0.6 is 0 Å². The van der Waals surface area contributed by atoms with Crippen molar-refractivity contribution in [2.75, 3.05) is 0 Å². The van der Waals surface area contributed by atoms with Gasteiger partial charge in [0.2, 0.25) is 0 Å². The van der Waals surface area contributed by atoms with E-state index in [9.17, 15) is 19.8 Å². The molecule has 0 N–H and O–H groups in total. The molecule has 1 atom stereocenters. The standard InChI is InChI=1S/C16H28O4.2C6H5.2Hg/c1-2-3-4-5-6-7-8-9-10-11-12-14(16(19)20)13-15(17)18;2*1-2-4-6-5-3-1;;/h8-9,14H,2-7,10-13H2,1H3,(H,17,18)(H,19,20);2*1-5H;;/q;;;2*+1/p-2/b9-8+;;;;. The minimum absolute atomic E-state index is 0. The molecule has 1 unspecified atom stereocenters. The summed E-state index contributed by atoms with van der Waals surface area (Å²) in [6.07, 6.45) is 12.9. The molecule has 0 saturated carbocycles. The molecule has 0 amide bonds. The molecule has 2 aromatic carbocycles. The van der Waals surface area contributed by atoms with Crippen LogP contribution in [0.5, 0.6) is 0 Å². The van der Waals surface area contributed by atoms with Gasteiger partial charge in [0.15, 0.2) is 0 Å². The van der Waals surface area contributed by atoms with E-state index in [1.807, 2.05) is 66.7 Å². The van der Waals surface area contributed by atoms with Crippen molar-refractivity contribution in [3.8, 4) is 0 Å². The topological polar surface area (TPSA) is 80.3 Å². The number of hydrogen-bond acceptors (Lipinski definition) is 4. The Morgan fingerprint density at radius 3 is 1.56 bits per heavy atom. The van der Waals surface area contributed by atoms with Crippen LogP contribution in [0, 0.1) is 18.1 Å². The number of hydrogen-bond donors (Lipinski definition) is 0. The fourth-order valence-corrected chi connectivity index (χ4v) is 2.77. The van der Waals surface area contributed by atoms with Crippen molar-refractivity contribution in [3.05, 3.63) is 84.9 Å². The van der Waals surface area contributed by atoms with Gasteiger partial charge in [-0.05, 0) is 50.7 Å². The van der Waals surface area contributed by atoms with Gasteiger partial charge in [-0.3, -0.25) is 0 Å². The average Bonchev–Trinajstić information content (AvgIpc) is 2.82. The van der Waals surface area contributed by atoms with Gasteiger partial charge in [-0.15, -0.1) is 0 Å². The van der Waals surface area contributed by atoms with Crippen LogP contribution in [-0.2, 0) is 64.9 Å². The van der Waals surface area contributed by atoms with Crippen molar-refractivity contribution in [3.63, 3.8) is 0 Å². The summed E-state index contributed by atoms with van der Waals surface area (Å²) >= 11 is 0. The molecule has 0 aliphatic rings. The first-order chi connectivity index (χ1) is 15.6. The van der Waals surface area contributed by atoms with Gasteiger partial charge in [0.25, 0.3) is 0 Å². The zero-order valence-corrected chi connectivity index (χ0v) is 31.6. The summed E-state index contributed by atoms with van der Waals surface area (Å²) in [4.78, 5) is 21.1. The number of carbonyl (C=O) groups is 2. The first-order valence-corrected chi connectivity index (χ1v) is 11.5. The van der Waals surface area contributed by atoms with Gasteiger partial charge in [0, 0.05) is 17.9 Å². The van der Waals surface area contributed by atoms with E-state index in [2.05, 4.69) is 25.1 Å². The number of benzene rings is 2. The predicted octanol–water partition coefficient (Wildman–Crippen LogP) is 4.55. The number of aliphatic carboxylic acids is 2. The molecule has 0 bridgehead atoms. The molecule has 0 saturated heterocycles. The monoisotopic (exact) mass is 840 g/mol. The largest absolute Gasteiger partial charge is 1.00 e. The Kier molecular flexibility index (Phi) is 33.1. The quantitative estimate of drug-likeness (QED) is 0.169. The third-order valence-corrected chi connectivity index (χ3v) is 4.53. The molecule has 4 nitrogen and oxygen atoms in total. The summed E-state index contributed by atoms with van der Waals surface area (Å²) in [5, 5.41) is 21.1. The van der Waals surface area contributed by atoms with Crippen LogP contribution in [0.1, 0.15) is 71.1 Å². The number of carbonyl (C=O) groups excluding carboxylic acids is 2. The molecular weight excluding hydrogens is 801 g/mol. The molecule has 0 aliphatic carbocycles. The summed E-state index contributed by atoms with van der Waals surface area (Å²) in [6, 6.07) is 25.0. The van der Waals surface area contributed by atoms with Gasteiger partial charge in [-0.25, -0.2) is 0 Å². The smallest absolute Gasteiger partial charge is 0.550 e. The number of rotatable bonds is 13. The summed E-state index contributed by atoms with van der Waals surface area (Å²) in [7, 11) is 0. The molecule has 2 aromatic rings. The van der Waals surface area contributed by atoms with Crippen LogP contribution < -0.4 is 10.2 Å². The van der Waals surface area contributed by atoms with E-state index in [-0.39, 0.29) is 55.3 Å². The SMILES string of the molecule is CCCCCCC/C=C/CCCC(CC(=O)[O-])C(=O)[O-].[Hg+].[Hg+].[c]1ccccc1.[c]1ccccc1. The summed E-state index contributed by atoms with van der Waals surface area (Å²) < 4.78 is 0. The Morgan fingerprint density at radius 1 is 0.735 bits per heavy atom. The van der Waals surface area contributed by atoms with E-state index >= 15 is 0 Å². The number of carboxylic acids is 2. The van der Waals surface area contributed by atoms with Crippen molar-refractivity contribution in [2.45, 2.75) is 71.1 Å². The minimum atomic E-state index is -1.33. The maximum absolute atomic E-state index is 10.7. The Balaban J connectivity index is -0.000000554. The van der Waals surface area contributed by atoms with Crippen LogP contribution in [0.25, 0.3) is 0 Å². The second-order valence-electron chi connectivity index (χ2n) is 7.35. The van der Waals surface area contributed by atoms with E-state index in [0.717, 1.165) is 12.8 Å². The van der Waals surface area contributed by atoms with Gasteiger partial charge in [0.05, 0.1) is 0 Å².